The molecular weight excluding hydrogens is 310 g/mol. The maximum Gasteiger partial charge on any atom is 0.573 e. The number of hydrogen-bond donors (Lipinski definition) is 0. The predicted molar refractivity (Wildman–Crippen MR) is 48.6 cm³/mol. The summed E-state index contributed by atoms with van der Waals surface area (Å²) in [5, 5.41) is -0.438. The molecule has 0 fully saturated rings. The van der Waals surface area contributed by atoms with Crippen LogP contribution in [0.25, 0.3) is 0 Å². The zero-order chi connectivity index (χ0) is 10.9. The molecule has 1 aromatic heterocycles. The lowest BCUT2D eigenvalue weighted by atomic mass is 10.4. The van der Waals surface area contributed by atoms with E-state index in [1.165, 1.54) is 0 Å². The van der Waals surface area contributed by atoms with E-state index < -0.39 is 12.1 Å². The van der Waals surface area contributed by atoms with Crippen LogP contribution in [0.15, 0.2) is 10.7 Å². The molecule has 1 heterocycles. The van der Waals surface area contributed by atoms with Gasteiger partial charge in [-0.1, -0.05) is 23.2 Å². The van der Waals surface area contributed by atoms with Crippen molar-refractivity contribution in [2.24, 2.45) is 0 Å². The van der Waals surface area contributed by atoms with Crippen molar-refractivity contribution in [3.8, 4) is 5.75 Å². The average molecular weight is 311 g/mol. The molecular formula is C6HBrCl2F3NO. The number of hydrogen-bond acceptors (Lipinski definition) is 2. The van der Waals surface area contributed by atoms with Gasteiger partial charge in [0.2, 0.25) is 0 Å². The highest BCUT2D eigenvalue weighted by Crippen LogP contribution is 2.39. The topological polar surface area (TPSA) is 22.1 Å². The molecule has 0 radical (unpaired) electrons. The second kappa shape index (κ2) is 4.12. The minimum Gasteiger partial charge on any atom is -0.403 e. The minimum atomic E-state index is -4.82. The summed E-state index contributed by atoms with van der Waals surface area (Å²) < 4.78 is 39.1. The SMILES string of the molecule is FC(F)(F)Oc1c(Cl)cnc(Cl)c1Br. The molecule has 0 aromatic carbocycles. The van der Waals surface area contributed by atoms with Gasteiger partial charge in [0.15, 0.2) is 5.75 Å². The molecule has 0 unspecified atom stereocenters. The first-order chi connectivity index (χ1) is 6.31. The molecule has 0 bridgehead atoms. The van der Waals surface area contributed by atoms with E-state index in [0.717, 1.165) is 6.20 Å². The largest absolute Gasteiger partial charge is 0.573 e. The van der Waals surface area contributed by atoms with Gasteiger partial charge in [0.25, 0.3) is 0 Å². The summed E-state index contributed by atoms with van der Waals surface area (Å²) in [6, 6.07) is 0. The molecule has 78 valence electrons. The molecule has 0 amide bonds. The Kier molecular flexibility index (Phi) is 3.49. The van der Waals surface area contributed by atoms with E-state index in [0.29, 0.717) is 0 Å². The predicted octanol–water partition coefficient (Wildman–Crippen LogP) is 4.05. The van der Waals surface area contributed by atoms with E-state index in [-0.39, 0.29) is 14.6 Å². The summed E-state index contributed by atoms with van der Waals surface area (Å²) >= 11 is 13.7. The van der Waals surface area contributed by atoms with Crippen LogP contribution in [0.2, 0.25) is 10.2 Å². The maximum absolute atomic E-state index is 11.9. The van der Waals surface area contributed by atoms with Gasteiger partial charge in [0.05, 0.1) is 10.7 Å². The Bertz CT molecular complexity index is 358. The molecule has 1 aromatic rings. The highest BCUT2D eigenvalue weighted by Gasteiger charge is 2.33. The summed E-state index contributed by atoms with van der Waals surface area (Å²) in [7, 11) is 0. The van der Waals surface area contributed by atoms with Crippen LogP contribution in [0.4, 0.5) is 13.2 Å². The van der Waals surface area contributed by atoms with Crippen LogP contribution in [-0.2, 0) is 0 Å². The third-order valence-corrected chi connectivity index (χ3v) is 2.63. The zero-order valence-electron chi connectivity index (χ0n) is 6.20. The molecule has 0 aliphatic carbocycles. The van der Waals surface area contributed by atoms with Crippen LogP contribution in [0, 0.1) is 0 Å². The fraction of sp³-hybridized carbons (Fsp3) is 0.167. The third-order valence-electron chi connectivity index (χ3n) is 1.11. The van der Waals surface area contributed by atoms with Crippen LogP contribution >= 0.6 is 39.1 Å². The monoisotopic (exact) mass is 309 g/mol. The number of halogens is 6. The Morgan fingerprint density at radius 3 is 2.43 bits per heavy atom. The van der Waals surface area contributed by atoms with E-state index >= 15 is 0 Å². The average Bonchev–Trinajstić information content (AvgIpc) is 2.04. The molecule has 0 spiro atoms. The van der Waals surface area contributed by atoms with Crippen molar-refractivity contribution < 1.29 is 17.9 Å². The quantitative estimate of drug-likeness (QED) is 0.730. The van der Waals surface area contributed by atoms with Crippen LogP contribution in [0.3, 0.4) is 0 Å². The second-order valence-electron chi connectivity index (χ2n) is 2.09. The van der Waals surface area contributed by atoms with Gasteiger partial charge in [-0.3, -0.25) is 0 Å². The van der Waals surface area contributed by atoms with Gasteiger partial charge in [-0.2, -0.15) is 0 Å². The first kappa shape index (κ1) is 11.9. The first-order valence-corrected chi connectivity index (χ1v) is 4.61. The van der Waals surface area contributed by atoms with Gasteiger partial charge in [0, 0.05) is 0 Å². The number of rotatable bonds is 1. The van der Waals surface area contributed by atoms with Gasteiger partial charge in [-0.15, -0.1) is 13.2 Å². The number of alkyl halides is 3. The first-order valence-electron chi connectivity index (χ1n) is 3.06. The van der Waals surface area contributed by atoms with Crippen LogP contribution in [0.1, 0.15) is 0 Å². The summed E-state index contributed by atoms with van der Waals surface area (Å²) in [6.45, 7) is 0. The molecule has 0 aliphatic heterocycles. The molecule has 0 aliphatic rings. The Morgan fingerprint density at radius 1 is 1.36 bits per heavy atom. The Hall–Kier alpha value is -0.200. The Morgan fingerprint density at radius 2 is 1.93 bits per heavy atom. The smallest absolute Gasteiger partial charge is 0.403 e. The standard InChI is InChI=1S/C6HBrCl2F3NO/c7-3-4(14-6(10,11)12)2(8)1-13-5(3)9/h1H. The zero-order valence-corrected chi connectivity index (χ0v) is 9.30. The number of aromatic nitrogens is 1. The number of nitrogens with zero attached hydrogens (tertiary/aromatic N) is 1. The van der Waals surface area contributed by atoms with Crippen molar-refractivity contribution in [1.29, 1.82) is 0 Å². The second-order valence-corrected chi connectivity index (χ2v) is 3.65. The van der Waals surface area contributed by atoms with Crippen molar-refractivity contribution in [2.45, 2.75) is 6.36 Å². The number of pyridine rings is 1. The van der Waals surface area contributed by atoms with E-state index in [1.807, 2.05) is 0 Å². The summed E-state index contributed by atoms with van der Waals surface area (Å²) in [4.78, 5) is 3.51. The maximum atomic E-state index is 11.9. The molecule has 0 N–H and O–H groups in total. The molecule has 2 nitrogen and oxygen atoms in total. The normalized spacial score (nSPS) is 11.6. The van der Waals surface area contributed by atoms with Crippen LogP contribution in [-0.4, -0.2) is 11.3 Å². The van der Waals surface area contributed by atoms with Crippen LogP contribution < -0.4 is 4.74 Å². The molecule has 14 heavy (non-hydrogen) atoms. The highest BCUT2D eigenvalue weighted by molar-refractivity contribution is 9.10. The molecule has 0 saturated carbocycles. The Labute approximate surface area is 95.1 Å². The molecule has 0 atom stereocenters. The Balaban J connectivity index is 3.13. The van der Waals surface area contributed by atoms with E-state index in [1.54, 1.807) is 0 Å². The van der Waals surface area contributed by atoms with E-state index in [4.69, 9.17) is 23.2 Å². The van der Waals surface area contributed by atoms with Crippen molar-refractivity contribution in [1.82, 2.24) is 4.98 Å². The van der Waals surface area contributed by atoms with Crippen LogP contribution in [0.5, 0.6) is 5.75 Å². The fourth-order valence-electron chi connectivity index (χ4n) is 0.636. The van der Waals surface area contributed by atoms with Crippen molar-refractivity contribution >= 4 is 39.1 Å². The summed E-state index contributed by atoms with van der Waals surface area (Å²) in [5.74, 6) is -0.598. The number of ether oxygens (including phenoxy) is 1. The van der Waals surface area contributed by atoms with E-state index in [2.05, 4.69) is 25.7 Å². The third kappa shape index (κ3) is 2.90. The molecule has 0 saturated heterocycles. The summed E-state index contributed by atoms with van der Waals surface area (Å²) in [5.41, 5.74) is 0. The van der Waals surface area contributed by atoms with Gasteiger partial charge < -0.3 is 4.74 Å². The lowest BCUT2D eigenvalue weighted by molar-refractivity contribution is -0.274. The molecule has 1 rings (SSSR count). The summed E-state index contributed by atoms with van der Waals surface area (Å²) in [6.07, 6.45) is -3.85. The van der Waals surface area contributed by atoms with E-state index in [9.17, 15) is 13.2 Å². The van der Waals surface area contributed by atoms with Crippen molar-refractivity contribution in [3.63, 3.8) is 0 Å². The van der Waals surface area contributed by atoms with Gasteiger partial charge in [0.1, 0.15) is 10.2 Å². The van der Waals surface area contributed by atoms with Crippen molar-refractivity contribution in [2.75, 3.05) is 0 Å². The minimum absolute atomic E-state index is 0.135. The highest BCUT2D eigenvalue weighted by atomic mass is 79.9. The lowest BCUT2D eigenvalue weighted by Crippen LogP contribution is -2.17. The van der Waals surface area contributed by atoms with Gasteiger partial charge in [-0.25, -0.2) is 4.98 Å². The van der Waals surface area contributed by atoms with Gasteiger partial charge in [-0.05, 0) is 15.9 Å². The van der Waals surface area contributed by atoms with Gasteiger partial charge >= 0.3 is 6.36 Å². The fourth-order valence-corrected chi connectivity index (χ4v) is 1.46. The molecule has 8 heteroatoms. The van der Waals surface area contributed by atoms with Crippen molar-refractivity contribution in [3.05, 3.63) is 20.8 Å². The lowest BCUT2D eigenvalue weighted by Gasteiger charge is -2.11.